The summed E-state index contributed by atoms with van der Waals surface area (Å²) < 4.78 is 12.0. The van der Waals surface area contributed by atoms with Crippen molar-refractivity contribution >= 4 is 21.9 Å². The van der Waals surface area contributed by atoms with E-state index in [1.165, 1.54) is 0 Å². The zero-order chi connectivity index (χ0) is 14.8. The van der Waals surface area contributed by atoms with Gasteiger partial charge in [0.15, 0.2) is 6.10 Å². The molecule has 21 heavy (non-hydrogen) atoms. The molecule has 2 heterocycles. The van der Waals surface area contributed by atoms with Crippen LogP contribution < -0.4 is 9.47 Å². The number of hydrogen-bond acceptors (Lipinski definition) is 4. The number of carboxylic acid groups (broad SMARTS) is 1. The maximum Gasteiger partial charge on any atom is 0.345 e. The standard InChI is InChI=1S/C15H12BrNO4/c16-11-3-9(6-17-7-11)8-20-12-2-1-10-4-14(15(18)19)21-13(10)5-12/h1-3,5-7,14H,4,8H2,(H,18,19). The third kappa shape index (κ3) is 3.16. The van der Waals surface area contributed by atoms with Gasteiger partial charge in [0.05, 0.1) is 0 Å². The molecule has 108 valence electrons. The highest BCUT2D eigenvalue weighted by molar-refractivity contribution is 9.10. The van der Waals surface area contributed by atoms with E-state index in [-0.39, 0.29) is 0 Å². The lowest BCUT2D eigenvalue weighted by Gasteiger charge is -2.08. The van der Waals surface area contributed by atoms with Crippen LogP contribution in [0.5, 0.6) is 11.5 Å². The minimum Gasteiger partial charge on any atom is -0.489 e. The lowest BCUT2D eigenvalue weighted by Crippen LogP contribution is -2.24. The van der Waals surface area contributed by atoms with E-state index < -0.39 is 12.1 Å². The molecular formula is C15H12BrNO4. The Bertz CT molecular complexity index is 689. The first-order valence-electron chi connectivity index (χ1n) is 6.36. The summed E-state index contributed by atoms with van der Waals surface area (Å²) in [4.78, 5) is 15.0. The highest BCUT2D eigenvalue weighted by Gasteiger charge is 2.28. The summed E-state index contributed by atoms with van der Waals surface area (Å²) in [5.41, 5.74) is 1.83. The van der Waals surface area contributed by atoms with Crippen LogP contribution in [0.2, 0.25) is 0 Å². The lowest BCUT2D eigenvalue weighted by molar-refractivity contribution is -0.144. The summed E-state index contributed by atoms with van der Waals surface area (Å²) in [6.07, 6.45) is 3.03. The third-order valence-corrected chi connectivity index (χ3v) is 3.59. The zero-order valence-electron chi connectivity index (χ0n) is 11.0. The Balaban J connectivity index is 1.69. The minimum atomic E-state index is -0.950. The van der Waals surface area contributed by atoms with Gasteiger partial charge in [0, 0.05) is 34.9 Å². The highest BCUT2D eigenvalue weighted by atomic mass is 79.9. The molecular weight excluding hydrogens is 338 g/mol. The van der Waals surface area contributed by atoms with E-state index in [4.69, 9.17) is 14.6 Å². The Morgan fingerprint density at radius 2 is 2.29 bits per heavy atom. The summed E-state index contributed by atoms with van der Waals surface area (Å²) in [6, 6.07) is 7.31. The molecule has 1 unspecified atom stereocenters. The molecule has 1 aliphatic heterocycles. The molecule has 5 nitrogen and oxygen atoms in total. The van der Waals surface area contributed by atoms with Gasteiger partial charge in [-0.3, -0.25) is 4.98 Å². The van der Waals surface area contributed by atoms with Gasteiger partial charge in [-0.1, -0.05) is 6.07 Å². The maximum absolute atomic E-state index is 10.9. The predicted molar refractivity (Wildman–Crippen MR) is 78.5 cm³/mol. The van der Waals surface area contributed by atoms with Gasteiger partial charge in [0.1, 0.15) is 18.1 Å². The van der Waals surface area contributed by atoms with Crippen molar-refractivity contribution in [3.63, 3.8) is 0 Å². The van der Waals surface area contributed by atoms with Crippen LogP contribution in [0.4, 0.5) is 0 Å². The quantitative estimate of drug-likeness (QED) is 0.918. The van der Waals surface area contributed by atoms with Crippen LogP contribution >= 0.6 is 15.9 Å². The predicted octanol–water partition coefficient (Wildman–Crippen LogP) is 2.81. The number of fused-ring (bicyclic) bond motifs is 1. The smallest absolute Gasteiger partial charge is 0.345 e. The molecule has 0 aliphatic carbocycles. The van der Waals surface area contributed by atoms with Crippen LogP contribution in [0.25, 0.3) is 0 Å². The SMILES string of the molecule is O=C(O)C1Cc2ccc(OCc3cncc(Br)c3)cc2O1. The van der Waals surface area contributed by atoms with Crippen molar-refractivity contribution in [2.45, 2.75) is 19.1 Å². The number of pyridine rings is 1. The van der Waals surface area contributed by atoms with Crippen molar-refractivity contribution in [1.82, 2.24) is 4.98 Å². The number of carboxylic acids is 1. The van der Waals surface area contributed by atoms with E-state index in [2.05, 4.69) is 20.9 Å². The molecule has 0 spiro atoms. The second-order valence-corrected chi connectivity index (χ2v) is 5.63. The number of carbonyl (C=O) groups is 1. The Morgan fingerprint density at radius 1 is 1.43 bits per heavy atom. The molecule has 2 aromatic rings. The molecule has 1 aliphatic rings. The monoisotopic (exact) mass is 349 g/mol. The first-order chi connectivity index (χ1) is 10.1. The molecule has 6 heteroatoms. The number of hydrogen-bond donors (Lipinski definition) is 1. The number of ether oxygens (including phenoxy) is 2. The van der Waals surface area contributed by atoms with E-state index in [1.807, 2.05) is 18.2 Å². The van der Waals surface area contributed by atoms with Gasteiger partial charge in [0.25, 0.3) is 0 Å². The van der Waals surface area contributed by atoms with Gasteiger partial charge in [0.2, 0.25) is 0 Å². The molecule has 0 fully saturated rings. The number of nitrogens with zero attached hydrogens (tertiary/aromatic N) is 1. The molecule has 1 aromatic carbocycles. The maximum atomic E-state index is 10.9. The largest absolute Gasteiger partial charge is 0.489 e. The molecule has 0 saturated carbocycles. The van der Waals surface area contributed by atoms with Crippen molar-refractivity contribution in [2.24, 2.45) is 0 Å². The van der Waals surface area contributed by atoms with Crippen molar-refractivity contribution in [3.8, 4) is 11.5 Å². The second-order valence-electron chi connectivity index (χ2n) is 4.72. The fraction of sp³-hybridized carbons (Fsp3) is 0.200. The van der Waals surface area contributed by atoms with E-state index >= 15 is 0 Å². The van der Waals surface area contributed by atoms with Crippen LogP contribution in [0.1, 0.15) is 11.1 Å². The molecule has 0 saturated heterocycles. The van der Waals surface area contributed by atoms with Crippen LogP contribution in [0, 0.1) is 0 Å². The van der Waals surface area contributed by atoms with Crippen LogP contribution in [0.3, 0.4) is 0 Å². The molecule has 0 amide bonds. The summed E-state index contributed by atoms with van der Waals surface area (Å²) in [7, 11) is 0. The normalized spacial score (nSPS) is 16.1. The first-order valence-corrected chi connectivity index (χ1v) is 7.16. The fourth-order valence-corrected chi connectivity index (χ4v) is 2.55. The van der Waals surface area contributed by atoms with E-state index in [9.17, 15) is 4.79 Å². The molecule has 1 N–H and O–H groups in total. The van der Waals surface area contributed by atoms with Crippen LogP contribution in [-0.4, -0.2) is 22.2 Å². The van der Waals surface area contributed by atoms with Crippen LogP contribution in [0.15, 0.2) is 41.1 Å². The Morgan fingerprint density at radius 3 is 3.05 bits per heavy atom. The summed E-state index contributed by atoms with van der Waals surface area (Å²) in [6.45, 7) is 0.383. The second kappa shape index (κ2) is 5.73. The highest BCUT2D eigenvalue weighted by Crippen LogP contribution is 2.32. The van der Waals surface area contributed by atoms with Gasteiger partial charge >= 0.3 is 5.97 Å². The number of aliphatic carboxylic acids is 1. The van der Waals surface area contributed by atoms with E-state index in [1.54, 1.807) is 18.5 Å². The van der Waals surface area contributed by atoms with E-state index in [0.29, 0.717) is 24.5 Å². The van der Waals surface area contributed by atoms with Crippen molar-refractivity contribution in [3.05, 3.63) is 52.3 Å². The molecule has 0 radical (unpaired) electrons. The van der Waals surface area contributed by atoms with Crippen molar-refractivity contribution < 1.29 is 19.4 Å². The Labute approximate surface area is 129 Å². The summed E-state index contributed by atoms with van der Waals surface area (Å²) in [5.74, 6) is 0.265. The lowest BCUT2D eigenvalue weighted by atomic mass is 10.1. The summed E-state index contributed by atoms with van der Waals surface area (Å²) >= 11 is 3.36. The van der Waals surface area contributed by atoms with Gasteiger partial charge in [-0.15, -0.1) is 0 Å². The average Bonchev–Trinajstić information content (AvgIpc) is 2.88. The van der Waals surface area contributed by atoms with Gasteiger partial charge < -0.3 is 14.6 Å². The number of halogens is 1. The molecule has 3 rings (SSSR count). The van der Waals surface area contributed by atoms with E-state index in [0.717, 1.165) is 15.6 Å². The van der Waals surface area contributed by atoms with Gasteiger partial charge in [-0.05, 0) is 33.6 Å². The topological polar surface area (TPSA) is 68.7 Å². The van der Waals surface area contributed by atoms with Gasteiger partial charge in [-0.25, -0.2) is 4.79 Å². The summed E-state index contributed by atoms with van der Waals surface area (Å²) in [5, 5.41) is 8.97. The third-order valence-electron chi connectivity index (χ3n) is 3.16. The Hall–Kier alpha value is -2.08. The number of aromatic nitrogens is 1. The first kappa shape index (κ1) is 13.9. The van der Waals surface area contributed by atoms with Crippen LogP contribution in [-0.2, 0) is 17.8 Å². The van der Waals surface area contributed by atoms with Crippen molar-refractivity contribution in [2.75, 3.05) is 0 Å². The fourth-order valence-electron chi connectivity index (χ4n) is 2.14. The Kier molecular flexibility index (Phi) is 3.79. The number of benzene rings is 1. The molecule has 1 aromatic heterocycles. The molecule has 1 atom stereocenters. The molecule has 0 bridgehead atoms. The van der Waals surface area contributed by atoms with Crippen molar-refractivity contribution in [1.29, 1.82) is 0 Å². The average molecular weight is 350 g/mol. The van der Waals surface area contributed by atoms with Gasteiger partial charge in [-0.2, -0.15) is 0 Å². The zero-order valence-corrected chi connectivity index (χ0v) is 12.5. The number of rotatable bonds is 4. The minimum absolute atomic E-state index is 0.383.